The number of aryl methyl sites for hydroxylation is 1. The van der Waals surface area contributed by atoms with Gasteiger partial charge in [-0.3, -0.25) is 4.79 Å². The Hall–Kier alpha value is -1.11. The lowest BCUT2D eigenvalue weighted by atomic mass is 9.89. The molecule has 0 bridgehead atoms. The highest BCUT2D eigenvalue weighted by molar-refractivity contribution is 7.90. The molecule has 6 heteroatoms. The molecule has 0 radical (unpaired) electrons. The van der Waals surface area contributed by atoms with Gasteiger partial charge in [-0.15, -0.1) is 4.72 Å². The fraction of sp³-hybridized carbons (Fsp3) is 0.533. The number of benzene rings is 1. The van der Waals surface area contributed by atoms with Gasteiger partial charge in [-0.2, -0.15) is 0 Å². The molecule has 2 rings (SSSR count). The van der Waals surface area contributed by atoms with Crippen LogP contribution in [0.15, 0.2) is 18.2 Å². The molecule has 0 spiro atoms. The first-order valence-corrected chi connectivity index (χ1v) is 8.00. The summed E-state index contributed by atoms with van der Waals surface area (Å²) in [6.07, 6.45) is 0.717. The standard InChI is InChI=1S/C15H20FNO3S/c1-14(2,3)21(20)17-15(9-12(18)19)8-7-10-5-4-6-11(16)13(10)15/h4-6,17H,7-9H2,1-3H3,(H,18,19)/t15-,21+/m1/s1. The summed E-state index contributed by atoms with van der Waals surface area (Å²) in [6.45, 7) is 5.38. The van der Waals surface area contributed by atoms with Crippen molar-refractivity contribution < 1.29 is 18.8 Å². The molecule has 0 unspecified atom stereocenters. The average molecular weight is 313 g/mol. The van der Waals surface area contributed by atoms with E-state index in [4.69, 9.17) is 0 Å². The van der Waals surface area contributed by atoms with Gasteiger partial charge in [0.1, 0.15) is 16.1 Å². The monoisotopic (exact) mass is 313 g/mol. The van der Waals surface area contributed by atoms with Crippen molar-refractivity contribution in [2.45, 2.75) is 50.3 Å². The lowest BCUT2D eigenvalue weighted by molar-refractivity contribution is -0.138. The zero-order valence-electron chi connectivity index (χ0n) is 12.4. The highest BCUT2D eigenvalue weighted by atomic mass is 32.2. The first-order valence-electron chi connectivity index (χ1n) is 6.85. The van der Waals surface area contributed by atoms with E-state index in [9.17, 15) is 18.8 Å². The van der Waals surface area contributed by atoms with Crippen molar-refractivity contribution in [2.75, 3.05) is 0 Å². The second-order valence-electron chi connectivity index (χ2n) is 6.41. The largest absolute Gasteiger partial charge is 0.598 e. The van der Waals surface area contributed by atoms with E-state index < -0.39 is 33.4 Å². The van der Waals surface area contributed by atoms with Crippen LogP contribution in [-0.4, -0.2) is 20.4 Å². The summed E-state index contributed by atoms with van der Waals surface area (Å²) < 4.78 is 29.0. The van der Waals surface area contributed by atoms with Crippen molar-refractivity contribution in [2.24, 2.45) is 0 Å². The maximum atomic E-state index is 14.3. The predicted octanol–water partition coefficient (Wildman–Crippen LogP) is 2.49. The van der Waals surface area contributed by atoms with E-state index in [1.165, 1.54) is 6.07 Å². The fourth-order valence-corrected chi connectivity index (χ4v) is 3.63. The molecule has 1 aliphatic rings. The third kappa shape index (κ3) is 3.22. The van der Waals surface area contributed by atoms with Gasteiger partial charge in [0, 0.05) is 16.9 Å². The van der Waals surface area contributed by atoms with Crippen LogP contribution in [0.3, 0.4) is 0 Å². The van der Waals surface area contributed by atoms with E-state index in [0.29, 0.717) is 18.4 Å². The van der Waals surface area contributed by atoms with Gasteiger partial charge in [0.2, 0.25) is 0 Å². The summed E-state index contributed by atoms with van der Waals surface area (Å²) in [5.41, 5.74) is 0.0321. The van der Waals surface area contributed by atoms with Crippen molar-refractivity contribution in [3.8, 4) is 0 Å². The van der Waals surface area contributed by atoms with Gasteiger partial charge in [-0.25, -0.2) is 4.39 Å². The Morgan fingerprint density at radius 2 is 2.19 bits per heavy atom. The number of aliphatic carboxylic acids is 1. The van der Waals surface area contributed by atoms with Crippen LogP contribution in [-0.2, 0) is 28.1 Å². The van der Waals surface area contributed by atoms with Crippen LogP contribution in [0.4, 0.5) is 4.39 Å². The molecule has 0 aliphatic heterocycles. The van der Waals surface area contributed by atoms with Crippen LogP contribution >= 0.6 is 0 Å². The maximum Gasteiger partial charge on any atom is 0.305 e. The Balaban J connectivity index is 2.45. The van der Waals surface area contributed by atoms with Crippen LogP contribution in [0.1, 0.15) is 44.7 Å². The number of hydrogen-bond acceptors (Lipinski definition) is 3. The van der Waals surface area contributed by atoms with Gasteiger partial charge < -0.3 is 9.66 Å². The zero-order valence-corrected chi connectivity index (χ0v) is 13.2. The van der Waals surface area contributed by atoms with Gasteiger partial charge in [-0.1, -0.05) is 12.1 Å². The molecule has 2 atom stereocenters. The summed E-state index contributed by atoms with van der Waals surface area (Å²) in [5, 5.41) is 9.21. The normalized spacial score (nSPS) is 22.9. The minimum atomic E-state index is -1.48. The van der Waals surface area contributed by atoms with Crippen LogP contribution in [0.2, 0.25) is 0 Å². The minimum Gasteiger partial charge on any atom is -0.598 e. The van der Waals surface area contributed by atoms with Gasteiger partial charge in [0.15, 0.2) is 0 Å². The molecular formula is C15H20FNO3S. The molecule has 0 amide bonds. The zero-order chi connectivity index (χ0) is 15.8. The van der Waals surface area contributed by atoms with Crippen molar-refractivity contribution in [1.82, 2.24) is 4.72 Å². The number of fused-ring (bicyclic) bond motifs is 1. The van der Waals surface area contributed by atoms with Crippen molar-refractivity contribution in [3.05, 3.63) is 35.1 Å². The molecule has 1 aromatic carbocycles. The Kier molecular flexibility index (Phi) is 4.33. The third-order valence-electron chi connectivity index (χ3n) is 3.70. The van der Waals surface area contributed by atoms with Crippen LogP contribution < -0.4 is 4.72 Å². The Bertz CT molecular complexity index is 558. The Morgan fingerprint density at radius 1 is 1.52 bits per heavy atom. The molecule has 1 aliphatic carbocycles. The Morgan fingerprint density at radius 3 is 2.76 bits per heavy atom. The number of rotatable bonds is 4. The van der Waals surface area contributed by atoms with Crippen molar-refractivity contribution >= 4 is 17.3 Å². The van der Waals surface area contributed by atoms with E-state index >= 15 is 0 Å². The molecule has 0 fully saturated rings. The minimum absolute atomic E-state index is 0.289. The number of carboxylic acid groups (broad SMARTS) is 1. The lowest BCUT2D eigenvalue weighted by Crippen LogP contribution is -2.51. The highest BCUT2D eigenvalue weighted by Gasteiger charge is 2.47. The first kappa shape index (κ1) is 16.3. The summed E-state index contributed by atoms with van der Waals surface area (Å²) in [7, 11) is 0. The van der Waals surface area contributed by atoms with E-state index in [2.05, 4.69) is 4.72 Å². The fourth-order valence-electron chi connectivity index (χ4n) is 2.69. The smallest absolute Gasteiger partial charge is 0.305 e. The van der Waals surface area contributed by atoms with Gasteiger partial charge in [0.25, 0.3) is 0 Å². The second kappa shape index (κ2) is 5.59. The number of carbonyl (C=O) groups is 1. The van der Waals surface area contributed by atoms with E-state index in [0.717, 1.165) is 5.56 Å². The molecule has 0 saturated heterocycles. The molecule has 21 heavy (non-hydrogen) atoms. The summed E-state index contributed by atoms with van der Waals surface area (Å²) in [6, 6.07) is 4.73. The van der Waals surface area contributed by atoms with E-state index in [1.54, 1.807) is 32.9 Å². The molecule has 4 nitrogen and oxygen atoms in total. The van der Waals surface area contributed by atoms with Crippen LogP contribution in [0.5, 0.6) is 0 Å². The molecule has 116 valence electrons. The highest BCUT2D eigenvalue weighted by Crippen LogP contribution is 2.42. The maximum absolute atomic E-state index is 14.3. The molecule has 1 aromatic rings. The topological polar surface area (TPSA) is 72.4 Å². The number of nitrogens with one attached hydrogen (secondary N) is 1. The van der Waals surface area contributed by atoms with Crippen molar-refractivity contribution in [1.29, 1.82) is 0 Å². The SMILES string of the molecule is CC(C)(C)[S@+]([O-])N[C@@]1(CC(=O)O)CCc2cccc(F)c21. The third-order valence-corrected chi connectivity index (χ3v) is 5.39. The predicted molar refractivity (Wildman–Crippen MR) is 79.7 cm³/mol. The quantitative estimate of drug-likeness (QED) is 0.838. The Labute approximate surface area is 127 Å². The molecule has 0 heterocycles. The van der Waals surface area contributed by atoms with Gasteiger partial charge >= 0.3 is 5.97 Å². The molecule has 0 aromatic heterocycles. The van der Waals surface area contributed by atoms with E-state index in [1.807, 2.05) is 0 Å². The van der Waals surface area contributed by atoms with E-state index in [-0.39, 0.29) is 6.42 Å². The number of hydrogen-bond donors (Lipinski definition) is 2. The van der Waals surface area contributed by atoms with Crippen LogP contribution in [0.25, 0.3) is 0 Å². The number of halogens is 1. The second-order valence-corrected chi connectivity index (χ2v) is 8.38. The molecule has 2 N–H and O–H groups in total. The molecule has 0 saturated carbocycles. The van der Waals surface area contributed by atoms with Crippen molar-refractivity contribution in [3.63, 3.8) is 0 Å². The molecular weight excluding hydrogens is 293 g/mol. The number of carboxylic acids is 1. The van der Waals surface area contributed by atoms with Gasteiger partial charge in [-0.05, 0) is 45.2 Å². The summed E-state index contributed by atoms with van der Waals surface area (Å²) in [4.78, 5) is 11.3. The lowest BCUT2D eigenvalue weighted by Gasteiger charge is -2.34. The van der Waals surface area contributed by atoms with Gasteiger partial charge in [0.05, 0.1) is 6.42 Å². The summed E-state index contributed by atoms with van der Waals surface area (Å²) in [5.74, 6) is -1.48. The first-order chi connectivity index (χ1) is 9.66. The summed E-state index contributed by atoms with van der Waals surface area (Å²) >= 11 is -1.48. The average Bonchev–Trinajstić information content (AvgIpc) is 2.67. The van der Waals surface area contributed by atoms with Crippen LogP contribution in [0, 0.1) is 5.82 Å².